The first-order valence-electron chi connectivity index (χ1n) is 13.4. The minimum Gasteiger partial charge on any atom is -0.497 e. The van der Waals surface area contributed by atoms with E-state index in [4.69, 9.17) is 17.0 Å². The Morgan fingerprint density at radius 1 is 1.10 bits per heavy atom. The monoisotopic (exact) mass is 590 g/mol. The van der Waals surface area contributed by atoms with E-state index in [2.05, 4.69) is 39.9 Å². The molecule has 0 unspecified atom stereocenters. The van der Waals surface area contributed by atoms with Gasteiger partial charge in [-0.25, -0.2) is 9.37 Å². The molecule has 5 rings (SSSR count). The molecule has 1 aliphatic carbocycles. The second kappa shape index (κ2) is 13.1. The molecule has 0 aliphatic heterocycles. The highest BCUT2D eigenvalue weighted by molar-refractivity contribution is 7.80. The fourth-order valence-electron chi connectivity index (χ4n) is 5.09. The van der Waals surface area contributed by atoms with Gasteiger partial charge in [-0.2, -0.15) is 0 Å². The molecule has 41 heavy (non-hydrogen) atoms. The Kier molecular flexibility index (Phi) is 9.11. The molecule has 0 radical (unpaired) electrons. The smallest absolute Gasteiger partial charge is 0.323 e. The van der Waals surface area contributed by atoms with Gasteiger partial charge >= 0.3 is 5.97 Å². The highest BCUT2D eigenvalue weighted by atomic mass is 32.1. The first-order valence-corrected chi connectivity index (χ1v) is 14.7. The predicted molar refractivity (Wildman–Crippen MR) is 166 cm³/mol. The Hall–Kier alpha value is -4.02. The lowest BCUT2D eigenvalue weighted by molar-refractivity contribution is -0.135. The van der Waals surface area contributed by atoms with Crippen LogP contribution in [-0.2, 0) is 4.79 Å². The summed E-state index contributed by atoms with van der Waals surface area (Å²) in [6, 6.07) is 22.5. The van der Waals surface area contributed by atoms with Gasteiger partial charge in [-0.05, 0) is 73.6 Å². The zero-order valence-electron chi connectivity index (χ0n) is 22.5. The highest BCUT2D eigenvalue weighted by Crippen LogP contribution is 2.35. The Morgan fingerprint density at radius 2 is 1.85 bits per heavy atom. The molecule has 10 heteroatoms. The number of carboxylic acids is 1. The van der Waals surface area contributed by atoms with Gasteiger partial charge in [0.2, 0.25) is 0 Å². The number of carbonyl (C=O) groups is 1. The summed E-state index contributed by atoms with van der Waals surface area (Å²) >= 11 is 7.09. The number of hydrogen-bond donors (Lipinski definition) is 3. The molecule has 7 nitrogen and oxygen atoms in total. The summed E-state index contributed by atoms with van der Waals surface area (Å²) < 4.78 is 19.3. The molecule has 3 N–H and O–H groups in total. The van der Waals surface area contributed by atoms with Crippen molar-refractivity contribution in [3.8, 4) is 17.0 Å². The lowest BCUT2D eigenvalue weighted by atomic mass is 9.81. The third kappa shape index (κ3) is 7.20. The number of methoxy groups -OCH3 is 1. The molecule has 1 aromatic heterocycles. The summed E-state index contributed by atoms with van der Waals surface area (Å²) in [5.41, 5.74) is 4.24. The van der Waals surface area contributed by atoms with E-state index in [0.717, 1.165) is 36.9 Å². The van der Waals surface area contributed by atoms with Gasteiger partial charge in [0.15, 0.2) is 10.2 Å². The van der Waals surface area contributed by atoms with Crippen molar-refractivity contribution in [2.45, 2.75) is 37.6 Å². The number of aliphatic carboxylic acids is 1. The van der Waals surface area contributed by atoms with Crippen LogP contribution >= 0.6 is 23.6 Å². The Balaban J connectivity index is 1.16. The van der Waals surface area contributed by atoms with Crippen molar-refractivity contribution in [2.24, 2.45) is 0 Å². The minimum absolute atomic E-state index is 0.176. The predicted octanol–water partition coefficient (Wildman–Crippen LogP) is 7.19. The number of rotatable bonds is 9. The van der Waals surface area contributed by atoms with Gasteiger partial charge in [-0.15, -0.1) is 11.3 Å². The van der Waals surface area contributed by atoms with Gasteiger partial charge in [0, 0.05) is 28.7 Å². The molecule has 4 aromatic rings. The molecule has 0 amide bonds. The minimum atomic E-state index is -0.959. The van der Waals surface area contributed by atoms with E-state index in [-0.39, 0.29) is 18.4 Å². The number of ether oxygens (including phenoxy) is 1. The second-order valence-corrected chi connectivity index (χ2v) is 11.2. The molecule has 1 saturated carbocycles. The fraction of sp³-hybridized carbons (Fsp3) is 0.258. The SMILES string of the molecule is COc1cccc(N(CC(=O)O)C(=S)NC2CCC(c3ccc(-c4csc(Nc5ccccc5F)n4)cc3)CC2)c1. The summed E-state index contributed by atoms with van der Waals surface area (Å²) in [5, 5.41) is 18.9. The number of aromatic nitrogens is 1. The van der Waals surface area contributed by atoms with E-state index in [9.17, 15) is 14.3 Å². The van der Waals surface area contributed by atoms with E-state index in [0.29, 0.717) is 33.3 Å². The molecule has 212 valence electrons. The van der Waals surface area contributed by atoms with Crippen LogP contribution in [0, 0.1) is 5.82 Å². The standard InChI is InChI=1S/C31H31FN4O3S2/c1-39-25-6-4-5-24(17-25)36(18-29(37)38)31(40)33-23-15-13-21(14-16-23)20-9-11-22(12-10-20)28-19-41-30(35-28)34-27-8-3-2-7-26(27)32/h2-12,17,19,21,23H,13-16,18H2,1H3,(H,33,40)(H,34,35)(H,37,38). The average Bonchev–Trinajstić information content (AvgIpc) is 3.46. The normalized spacial score (nSPS) is 16.5. The summed E-state index contributed by atoms with van der Waals surface area (Å²) in [6.45, 7) is -0.236. The quantitative estimate of drug-likeness (QED) is 0.177. The fourth-order valence-corrected chi connectivity index (χ4v) is 6.15. The van der Waals surface area contributed by atoms with E-state index < -0.39 is 5.97 Å². The van der Waals surface area contributed by atoms with Gasteiger partial charge < -0.3 is 25.4 Å². The zero-order valence-corrected chi connectivity index (χ0v) is 24.2. The van der Waals surface area contributed by atoms with Crippen LogP contribution in [0.2, 0.25) is 0 Å². The summed E-state index contributed by atoms with van der Waals surface area (Å²) in [5.74, 6) is -0.186. The third-order valence-electron chi connectivity index (χ3n) is 7.26. The van der Waals surface area contributed by atoms with E-state index in [1.807, 2.05) is 23.6 Å². The van der Waals surface area contributed by atoms with E-state index >= 15 is 0 Å². The van der Waals surface area contributed by atoms with Crippen LogP contribution in [0.3, 0.4) is 0 Å². The van der Waals surface area contributed by atoms with Gasteiger partial charge in [-0.3, -0.25) is 4.79 Å². The molecule has 0 saturated heterocycles. The van der Waals surface area contributed by atoms with Crippen LogP contribution in [0.25, 0.3) is 11.3 Å². The number of hydrogen-bond acceptors (Lipinski definition) is 6. The molecule has 3 aromatic carbocycles. The lowest BCUT2D eigenvalue weighted by Crippen LogP contribution is -2.47. The topological polar surface area (TPSA) is 86.7 Å². The number of para-hydroxylation sites is 1. The summed E-state index contributed by atoms with van der Waals surface area (Å²) in [7, 11) is 1.58. The van der Waals surface area contributed by atoms with Crippen molar-refractivity contribution in [1.82, 2.24) is 10.3 Å². The van der Waals surface area contributed by atoms with Gasteiger partial charge in [0.05, 0.1) is 18.5 Å². The van der Waals surface area contributed by atoms with Crippen molar-refractivity contribution in [3.05, 3.63) is 89.6 Å². The number of anilines is 3. The van der Waals surface area contributed by atoms with Crippen LogP contribution in [-0.4, -0.2) is 40.9 Å². The maximum Gasteiger partial charge on any atom is 0.323 e. The summed E-state index contributed by atoms with van der Waals surface area (Å²) in [4.78, 5) is 17.8. The number of carboxylic acid groups (broad SMARTS) is 1. The number of thiazole rings is 1. The van der Waals surface area contributed by atoms with Crippen molar-refractivity contribution in [1.29, 1.82) is 0 Å². The molecular formula is C31H31FN4O3S2. The molecule has 0 bridgehead atoms. The number of thiocarbonyl (C=S) groups is 1. The number of nitrogens with one attached hydrogen (secondary N) is 2. The van der Waals surface area contributed by atoms with Crippen LogP contribution in [0.5, 0.6) is 5.75 Å². The maximum absolute atomic E-state index is 14.0. The molecular weight excluding hydrogens is 559 g/mol. The first-order chi connectivity index (χ1) is 19.9. The van der Waals surface area contributed by atoms with Crippen molar-refractivity contribution in [3.63, 3.8) is 0 Å². The third-order valence-corrected chi connectivity index (χ3v) is 8.35. The van der Waals surface area contributed by atoms with Gasteiger partial charge in [0.1, 0.15) is 18.1 Å². The van der Waals surface area contributed by atoms with Gasteiger partial charge in [0.25, 0.3) is 0 Å². The largest absolute Gasteiger partial charge is 0.497 e. The number of nitrogens with zero attached hydrogens (tertiary/aromatic N) is 2. The summed E-state index contributed by atoms with van der Waals surface area (Å²) in [6.07, 6.45) is 3.88. The Labute approximate surface area is 248 Å². The second-order valence-electron chi connectivity index (χ2n) is 9.94. The zero-order chi connectivity index (χ0) is 28.8. The Bertz CT molecular complexity index is 1500. The number of benzene rings is 3. The maximum atomic E-state index is 14.0. The van der Waals surface area contributed by atoms with E-state index in [1.165, 1.54) is 23.0 Å². The molecule has 0 spiro atoms. The van der Waals surface area contributed by atoms with Crippen molar-refractivity contribution in [2.75, 3.05) is 23.9 Å². The highest BCUT2D eigenvalue weighted by Gasteiger charge is 2.25. The van der Waals surface area contributed by atoms with Crippen LogP contribution in [0.1, 0.15) is 37.2 Å². The van der Waals surface area contributed by atoms with Crippen LogP contribution < -0.4 is 20.3 Å². The molecule has 1 aliphatic rings. The van der Waals surface area contributed by atoms with Crippen LogP contribution in [0.15, 0.2) is 78.2 Å². The first kappa shape index (κ1) is 28.5. The van der Waals surface area contributed by atoms with Crippen molar-refractivity contribution >= 4 is 51.1 Å². The lowest BCUT2D eigenvalue weighted by Gasteiger charge is -2.33. The number of halogens is 1. The van der Waals surface area contributed by atoms with Gasteiger partial charge in [-0.1, -0.05) is 42.5 Å². The van der Waals surface area contributed by atoms with Crippen LogP contribution in [0.4, 0.5) is 20.9 Å². The molecule has 1 fully saturated rings. The Morgan fingerprint density at radius 3 is 2.56 bits per heavy atom. The average molecular weight is 591 g/mol. The molecule has 1 heterocycles. The molecule has 0 atom stereocenters. The van der Waals surface area contributed by atoms with Crippen molar-refractivity contribution < 1.29 is 19.0 Å². The van der Waals surface area contributed by atoms with E-state index in [1.54, 1.807) is 36.3 Å².